The normalized spacial score (nSPS) is 11.7. The van der Waals surface area contributed by atoms with Gasteiger partial charge in [-0.25, -0.2) is 0 Å². The molecular weight excluding hydrogens is 727 g/mol. The Morgan fingerprint density at radius 2 is 0.917 bits per heavy atom. The van der Waals surface area contributed by atoms with Crippen molar-refractivity contribution in [3.63, 3.8) is 0 Å². The average molecular weight is 764 g/mol. The van der Waals surface area contributed by atoms with Gasteiger partial charge in [0.15, 0.2) is 0 Å². The molecule has 0 bridgehead atoms. The molecule has 12 aromatic rings. The van der Waals surface area contributed by atoms with Crippen LogP contribution in [0.3, 0.4) is 0 Å². The summed E-state index contributed by atoms with van der Waals surface area (Å²) >= 11 is 0. The van der Waals surface area contributed by atoms with Crippen LogP contribution in [-0.2, 0) is 0 Å². The smallest absolute Gasteiger partial charge is 0.143 e. The van der Waals surface area contributed by atoms with Gasteiger partial charge in [-0.2, -0.15) is 0 Å². The maximum atomic E-state index is 6.81. The summed E-state index contributed by atoms with van der Waals surface area (Å²) in [6.45, 7) is 0. The summed E-state index contributed by atoms with van der Waals surface area (Å²) < 4.78 is 6.81. The van der Waals surface area contributed by atoms with Gasteiger partial charge in [-0.15, -0.1) is 0 Å². The van der Waals surface area contributed by atoms with Crippen LogP contribution in [0, 0.1) is 0 Å². The van der Waals surface area contributed by atoms with E-state index in [1.165, 1.54) is 54.4 Å². The van der Waals surface area contributed by atoms with E-state index in [9.17, 15) is 0 Å². The van der Waals surface area contributed by atoms with Crippen molar-refractivity contribution in [2.45, 2.75) is 0 Å². The second-order valence-electron chi connectivity index (χ2n) is 15.7. The van der Waals surface area contributed by atoms with Crippen LogP contribution < -0.4 is 4.90 Å². The third-order valence-corrected chi connectivity index (χ3v) is 12.2. The number of fused-ring (bicyclic) bond motifs is 9. The van der Waals surface area contributed by atoms with Crippen LogP contribution in [0.4, 0.5) is 17.1 Å². The first-order valence-electron chi connectivity index (χ1n) is 20.6. The minimum Gasteiger partial charge on any atom is -0.455 e. The molecule has 0 saturated carbocycles. The lowest BCUT2D eigenvalue weighted by Crippen LogP contribution is -2.11. The molecule has 12 rings (SSSR count). The quantitative estimate of drug-likeness (QED) is 0.157. The van der Waals surface area contributed by atoms with E-state index in [0.29, 0.717) is 0 Å². The Morgan fingerprint density at radius 1 is 0.283 bits per heavy atom. The minimum absolute atomic E-state index is 0.856. The monoisotopic (exact) mass is 763 g/mol. The van der Waals surface area contributed by atoms with E-state index in [4.69, 9.17) is 4.42 Å². The summed E-state index contributed by atoms with van der Waals surface area (Å²) in [4.78, 5) is 2.41. The van der Waals surface area contributed by atoms with E-state index in [-0.39, 0.29) is 0 Å². The molecule has 0 atom stereocenters. The Labute approximate surface area is 347 Å². The van der Waals surface area contributed by atoms with Crippen LogP contribution in [0.15, 0.2) is 229 Å². The predicted octanol–water partition coefficient (Wildman–Crippen LogP) is 16.7. The van der Waals surface area contributed by atoms with Gasteiger partial charge < -0.3 is 9.32 Å². The van der Waals surface area contributed by atoms with Gasteiger partial charge in [0, 0.05) is 39.2 Å². The number of hydrogen-bond donors (Lipinski definition) is 0. The van der Waals surface area contributed by atoms with Crippen LogP contribution in [0.5, 0.6) is 0 Å². The Hall–Kier alpha value is -7.94. The highest BCUT2D eigenvalue weighted by Gasteiger charge is 2.21. The largest absolute Gasteiger partial charge is 0.455 e. The first-order valence-corrected chi connectivity index (χ1v) is 20.6. The third kappa shape index (κ3) is 5.65. The Morgan fingerprint density at radius 3 is 1.78 bits per heavy atom. The van der Waals surface area contributed by atoms with Gasteiger partial charge >= 0.3 is 0 Å². The predicted molar refractivity (Wildman–Crippen MR) is 255 cm³/mol. The molecule has 0 aliphatic carbocycles. The zero-order valence-electron chi connectivity index (χ0n) is 32.7. The highest BCUT2D eigenvalue weighted by atomic mass is 16.3. The molecule has 0 radical (unpaired) electrons. The summed E-state index contributed by atoms with van der Waals surface area (Å²) in [7, 11) is 0. The van der Waals surface area contributed by atoms with E-state index >= 15 is 0 Å². The first-order chi connectivity index (χ1) is 29.7. The van der Waals surface area contributed by atoms with Gasteiger partial charge in [-0.3, -0.25) is 0 Å². The third-order valence-electron chi connectivity index (χ3n) is 12.2. The number of hydrogen-bond acceptors (Lipinski definition) is 2. The fourth-order valence-corrected chi connectivity index (χ4v) is 9.29. The number of anilines is 3. The second kappa shape index (κ2) is 13.9. The van der Waals surface area contributed by atoms with Crippen LogP contribution >= 0.6 is 0 Å². The maximum absolute atomic E-state index is 6.81. The fraction of sp³-hybridized carbons (Fsp3) is 0. The van der Waals surface area contributed by atoms with Gasteiger partial charge in [-0.1, -0.05) is 164 Å². The van der Waals surface area contributed by atoms with E-state index in [1.54, 1.807) is 0 Å². The van der Waals surface area contributed by atoms with Gasteiger partial charge in [0.25, 0.3) is 0 Å². The van der Waals surface area contributed by atoms with Crippen molar-refractivity contribution >= 4 is 82.1 Å². The van der Waals surface area contributed by atoms with Gasteiger partial charge in [0.05, 0.1) is 5.69 Å². The van der Waals surface area contributed by atoms with Crippen LogP contribution in [0.1, 0.15) is 0 Å². The van der Waals surface area contributed by atoms with Crippen LogP contribution in [0.25, 0.3) is 98.4 Å². The van der Waals surface area contributed by atoms with Crippen LogP contribution in [-0.4, -0.2) is 0 Å². The summed E-state index contributed by atoms with van der Waals surface area (Å²) in [5, 5.41) is 12.0. The highest BCUT2D eigenvalue weighted by Crippen LogP contribution is 2.46. The Balaban J connectivity index is 1.10. The molecule has 11 aromatic carbocycles. The Kier molecular flexibility index (Phi) is 7.89. The molecule has 1 aromatic heterocycles. The molecule has 0 aliphatic heterocycles. The molecule has 2 heteroatoms. The Bertz CT molecular complexity index is 3620. The van der Waals surface area contributed by atoms with E-state index in [2.05, 4.69) is 229 Å². The molecule has 0 saturated heterocycles. The lowest BCUT2D eigenvalue weighted by atomic mass is 9.92. The molecule has 0 amide bonds. The molecule has 0 fully saturated rings. The number of nitrogens with zero attached hydrogens (tertiary/aromatic N) is 1. The maximum Gasteiger partial charge on any atom is 0.143 e. The zero-order valence-corrected chi connectivity index (χ0v) is 32.7. The van der Waals surface area contributed by atoms with Gasteiger partial charge in [0.1, 0.15) is 11.2 Å². The number of benzene rings is 11. The fourth-order valence-electron chi connectivity index (χ4n) is 9.29. The first kappa shape index (κ1) is 34.1. The minimum atomic E-state index is 0.856. The van der Waals surface area contributed by atoms with Crippen molar-refractivity contribution in [2.24, 2.45) is 0 Å². The lowest BCUT2D eigenvalue weighted by Gasteiger charge is -2.29. The molecule has 0 aliphatic rings. The lowest BCUT2D eigenvalue weighted by molar-refractivity contribution is 0.672. The van der Waals surface area contributed by atoms with Gasteiger partial charge in [0.2, 0.25) is 0 Å². The summed E-state index contributed by atoms with van der Waals surface area (Å²) in [6.07, 6.45) is 0. The molecular formula is C58H37NO. The zero-order chi connectivity index (χ0) is 39.6. The van der Waals surface area contributed by atoms with Crippen molar-refractivity contribution in [2.75, 3.05) is 4.90 Å². The summed E-state index contributed by atoms with van der Waals surface area (Å²) in [6, 6.07) is 81.4. The molecule has 60 heavy (non-hydrogen) atoms. The van der Waals surface area contributed by atoms with Crippen molar-refractivity contribution in [3.05, 3.63) is 224 Å². The SMILES string of the molecule is c1ccc(-c2cc(-c3ccc4ccccc4c3)ccc2N(c2cccc(-c3cc4ccccc4c4ccccc34)c2)c2ccc3c(c2)oc2c4ccccc4ccc32)cc1. The summed E-state index contributed by atoms with van der Waals surface area (Å²) in [5.74, 6) is 0. The molecule has 1 heterocycles. The molecule has 0 spiro atoms. The number of furan rings is 1. The average Bonchev–Trinajstić information content (AvgIpc) is 3.70. The van der Waals surface area contributed by atoms with Crippen molar-refractivity contribution in [1.82, 2.24) is 0 Å². The topological polar surface area (TPSA) is 16.4 Å². The highest BCUT2D eigenvalue weighted by molar-refractivity contribution is 6.16. The van der Waals surface area contributed by atoms with Crippen molar-refractivity contribution < 1.29 is 4.42 Å². The molecule has 0 unspecified atom stereocenters. The molecule has 280 valence electrons. The van der Waals surface area contributed by atoms with Crippen LogP contribution in [0.2, 0.25) is 0 Å². The molecule has 2 nitrogen and oxygen atoms in total. The second-order valence-corrected chi connectivity index (χ2v) is 15.7. The van der Waals surface area contributed by atoms with Gasteiger partial charge in [-0.05, 0) is 120 Å². The standard InChI is InChI=1S/C58H37NO/c1-2-14-39(15-3-1)55-35-43(42-26-25-38-13-4-5-17-41(38)33-42)28-32-56(55)59(47-29-31-52-53-30-27-40-16-6-9-22-49(40)58(53)60-57(52)37-47)46-20-12-19-44(34-46)54-36-45-18-7-8-21-48(45)50-23-10-11-24-51(50)54/h1-37H. The van der Waals surface area contributed by atoms with Crippen molar-refractivity contribution in [3.8, 4) is 33.4 Å². The van der Waals surface area contributed by atoms with E-state index < -0.39 is 0 Å². The van der Waals surface area contributed by atoms with E-state index in [1.807, 2.05) is 0 Å². The number of rotatable bonds is 6. The summed E-state index contributed by atoms with van der Waals surface area (Å²) in [5.41, 5.74) is 11.9. The van der Waals surface area contributed by atoms with E-state index in [0.717, 1.165) is 61.1 Å². The molecule has 0 N–H and O–H groups in total. The van der Waals surface area contributed by atoms with Crippen molar-refractivity contribution in [1.29, 1.82) is 0 Å².